The molecule has 0 aliphatic carbocycles. The van der Waals surface area contributed by atoms with E-state index in [1.165, 1.54) is 12.8 Å². The first-order chi connectivity index (χ1) is 2.41. The molecule has 0 aliphatic heterocycles. The topological polar surface area (TPSA) is 0 Å². The van der Waals surface area contributed by atoms with Gasteiger partial charge in [0.2, 0.25) is 0 Å². The van der Waals surface area contributed by atoms with Crippen LogP contribution >= 0.6 is 26.1 Å². The van der Waals surface area contributed by atoms with Crippen molar-refractivity contribution in [1.82, 2.24) is 0 Å². The average Bonchev–Trinajstić information content (AvgIpc) is 1.41. The Morgan fingerprint density at radius 2 is 2.00 bits per heavy atom. The van der Waals surface area contributed by atoms with E-state index in [0.29, 0.717) is 0 Å². The minimum absolute atomic E-state index is 0. The largest absolute Gasteiger partial charge is 0.197 e. The normalized spacial score (nSPS) is 7.00. The molecule has 0 amide bonds. The number of thiol groups is 1. The fourth-order valence-corrected chi connectivity index (χ4v) is 0.474. The SMILES string of the molecule is CCCCS.S. The van der Waals surface area contributed by atoms with Crippen LogP contribution in [0.2, 0.25) is 0 Å². The van der Waals surface area contributed by atoms with Gasteiger partial charge in [0.25, 0.3) is 0 Å². The predicted molar refractivity (Wildman–Crippen MR) is 39.1 cm³/mol. The Bertz CT molecular complexity index is 13.0. The van der Waals surface area contributed by atoms with Crippen molar-refractivity contribution in [2.45, 2.75) is 19.8 Å². The second kappa shape index (κ2) is 9.20. The zero-order valence-corrected chi connectivity index (χ0v) is 5.96. The molecule has 6 heavy (non-hydrogen) atoms. The molecule has 0 fully saturated rings. The highest BCUT2D eigenvalue weighted by Crippen LogP contribution is 1.85. The van der Waals surface area contributed by atoms with Crippen LogP contribution in [0.4, 0.5) is 0 Å². The summed E-state index contributed by atoms with van der Waals surface area (Å²) in [6, 6.07) is 0. The zero-order valence-electron chi connectivity index (χ0n) is 4.07. The highest BCUT2D eigenvalue weighted by atomic mass is 32.1. The number of rotatable bonds is 2. The third kappa shape index (κ3) is 8.83. The molecule has 0 unspecified atom stereocenters. The summed E-state index contributed by atoms with van der Waals surface area (Å²) in [6.07, 6.45) is 2.52. The molecule has 0 saturated heterocycles. The maximum Gasteiger partial charge on any atom is -0.00980 e. The molecule has 0 N–H and O–H groups in total. The maximum atomic E-state index is 4.00. The lowest BCUT2D eigenvalue weighted by Gasteiger charge is -1.78. The molecule has 0 spiro atoms. The molecule has 0 heterocycles. The smallest absolute Gasteiger partial charge is 0.00980 e. The minimum Gasteiger partial charge on any atom is -0.197 e. The van der Waals surface area contributed by atoms with Crippen LogP contribution in [0.15, 0.2) is 0 Å². The maximum absolute atomic E-state index is 4.00. The molecule has 0 saturated carbocycles. The van der Waals surface area contributed by atoms with E-state index in [4.69, 9.17) is 0 Å². The lowest BCUT2D eigenvalue weighted by atomic mass is 10.4. The van der Waals surface area contributed by atoms with Gasteiger partial charge in [0.05, 0.1) is 0 Å². The third-order valence-electron chi connectivity index (χ3n) is 0.512. The van der Waals surface area contributed by atoms with Gasteiger partial charge in [-0.15, -0.1) is 0 Å². The van der Waals surface area contributed by atoms with Crippen LogP contribution in [0.1, 0.15) is 19.8 Å². The molecule has 0 aromatic carbocycles. The molecule has 0 rings (SSSR count). The first-order valence-corrected chi connectivity index (χ1v) is 2.66. The first kappa shape index (κ1) is 9.85. The highest BCUT2D eigenvalue weighted by Gasteiger charge is 1.68. The van der Waals surface area contributed by atoms with Gasteiger partial charge in [-0.3, -0.25) is 0 Å². The van der Waals surface area contributed by atoms with Gasteiger partial charge in [-0.05, 0) is 12.2 Å². The van der Waals surface area contributed by atoms with Crippen LogP contribution in [0.3, 0.4) is 0 Å². The van der Waals surface area contributed by atoms with Crippen LogP contribution in [-0.2, 0) is 0 Å². The Labute approximate surface area is 52.2 Å². The van der Waals surface area contributed by atoms with Crippen molar-refractivity contribution in [3.05, 3.63) is 0 Å². The summed E-state index contributed by atoms with van der Waals surface area (Å²) in [5.74, 6) is 1.04. The van der Waals surface area contributed by atoms with E-state index in [1.807, 2.05) is 0 Å². The van der Waals surface area contributed by atoms with Crippen molar-refractivity contribution in [2.24, 2.45) is 0 Å². The van der Waals surface area contributed by atoms with Crippen LogP contribution in [0, 0.1) is 0 Å². The lowest BCUT2D eigenvalue weighted by Crippen LogP contribution is -1.65. The standard InChI is InChI=1S/C4H10S.H2S/c1-2-3-4-5;/h5H,2-4H2,1H3;1H2. The number of hydrogen-bond donors (Lipinski definition) is 1. The molecule has 0 radical (unpaired) electrons. The summed E-state index contributed by atoms with van der Waals surface area (Å²) >= 11 is 4.00. The third-order valence-corrected chi connectivity index (χ3v) is 0.828. The van der Waals surface area contributed by atoms with Gasteiger partial charge in [-0.25, -0.2) is 0 Å². The molecule has 0 aromatic heterocycles. The molecular weight excluding hydrogens is 112 g/mol. The summed E-state index contributed by atoms with van der Waals surface area (Å²) in [6.45, 7) is 2.16. The van der Waals surface area contributed by atoms with E-state index in [2.05, 4.69) is 19.6 Å². The summed E-state index contributed by atoms with van der Waals surface area (Å²) in [5.41, 5.74) is 0. The van der Waals surface area contributed by atoms with Gasteiger partial charge in [-0.2, -0.15) is 26.1 Å². The number of hydrogen-bond acceptors (Lipinski definition) is 1. The van der Waals surface area contributed by atoms with Crippen LogP contribution in [0.5, 0.6) is 0 Å². The van der Waals surface area contributed by atoms with E-state index in [-0.39, 0.29) is 13.5 Å². The second-order valence-electron chi connectivity index (χ2n) is 1.08. The average molecular weight is 124 g/mol. The quantitative estimate of drug-likeness (QED) is 0.533. The number of unbranched alkanes of at least 4 members (excludes halogenated alkanes) is 1. The van der Waals surface area contributed by atoms with Gasteiger partial charge in [0, 0.05) is 0 Å². The van der Waals surface area contributed by atoms with Gasteiger partial charge in [0.1, 0.15) is 0 Å². The summed E-state index contributed by atoms with van der Waals surface area (Å²) in [4.78, 5) is 0. The fourth-order valence-electron chi connectivity index (χ4n) is 0.158. The Balaban J connectivity index is 0. The van der Waals surface area contributed by atoms with Crippen molar-refractivity contribution in [1.29, 1.82) is 0 Å². The van der Waals surface area contributed by atoms with Crippen molar-refractivity contribution >= 4 is 26.1 Å². The molecule has 0 nitrogen and oxygen atoms in total. The van der Waals surface area contributed by atoms with E-state index >= 15 is 0 Å². The van der Waals surface area contributed by atoms with Crippen molar-refractivity contribution in [3.63, 3.8) is 0 Å². The van der Waals surface area contributed by atoms with E-state index in [0.717, 1.165) is 5.75 Å². The van der Waals surface area contributed by atoms with Gasteiger partial charge in [0.15, 0.2) is 0 Å². The van der Waals surface area contributed by atoms with Crippen molar-refractivity contribution < 1.29 is 0 Å². The molecular formula is C4H12S2. The predicted octanol–water partition coefficient (Wildman–Crippen LogP) is 1.83. The molecule has 0 bridgehead atoms. The van der Waals surface area contributed by atoms with E-state index in [1.54, 1.807) is 0 Å². The minimum atomic E-state index is 0. The highest BCUT2D eigenvalue weighted by molar-refractivity contribution is 7.80. The first-order valence-electron chi connectivity index (χ1n) is 2.02. The van der Waals surface area contributed by atoms with Crippen LogP contribution < -0.4 is 0 Å². The lowest BCUT2D eigenvalue weighted by molar-refractivity contribution is 0.899. The van der Waals surface area contributed by atoms with Crippen LogP contribution in [0.25, 0.3) is 0 Å². The molecule has 0 atom stereocenters. The van der Waals surface area contributed by atoms with Gasteiger partial charge >= 0.3 is 0 Å². The van der Waals surface area contributed by atoms with Gasteiger partial charge in [-0.1, -0.05) is 13.3 Å². The van der Waals surface area contributed by atoms with Crippen molar-refractivity contribution in [3.8, 4) is 0 Å². The Morgan fingerprint density at radius 1 is 1.50 bits per heavy atom. The molecule has 2 heteroatoms. The fraction of sp³-hybridized carbons (Fsp3) is 1.00. The van der Waals surface area contributed by atoms with Crippen molar-refractivity contribution in [2.75, 3.05) is 5.75 Å². The Morgan fingerprint density at radius 3 is 2.00 bits per heavy atom. The molecule has 40 valence electrons. The van der Waals surface area contributed by atoms with E-state index < -0.39 is 0 Å². The Kier molecular flexibility index (Phi) is 15.1. The summed E-state index contributed by atoms with van der Waals surface area (Å²) in [5, 5.41) is 0. The second-order valence-corrected chi connectivity index (χ2v) is 1.52. The monoisotopic (exact) mass is 124 g/mol. The molecule has 0 aromatic rings. The van der Waals surface area contributed by atoms with E-state index in [9.17, 15) is 0 Å². The Hall–Kier alpha value is 0.700. The van der Waals surface area contributed by atoms with Gasteiger partial charge < -0.3 is 0 Å². The zero-order chi connectivity index (χ0) is 4.12. The van der Waals surface area contributed by atoms with Crippen LogP contribution in [-0.4, -0.2) is 5.75 Å². The summed E-state index contributed by atoms with van der Waals surface area (Å²) < 4.78 is 0. The summed E-state index contributed by atoms with van der Waals surface area (Å²) in [7, 11) is 0. The molecule has 0 aliphatic rings.